The van der Waals surface area contributed by atoms with Gasteiger partial charge in [0.1, 0.15) is 0 Å². The minimum absolute atomic E-state index is 0.860. The molecule has 0 fully saturated rings. The van der Waals surface area contributed by atoms with Crippen LogP contribution in [0.4, 0.5) is 0 Å². The summed E-state index contributed by atoms with van der Waals surface area (Å²) in [6.07, 6.45) is 5.66. The largest absolute Gasteiger partial charge is 0.344 e. The Morgan fingerprint density at radius 2 is 1.85 bits per heavy atom. The van der Waals surface area contributed by atoms with Crippen LogP contribution in [0.1, 0.15) is 5.56 Å². The van der Waals surface area contributed by atoms with E-state index in [1.54, 1.807) is 0 Å². The van der Waals surface area contributed by atoms with Crippen LogP contribution in [-0.4, -0.2) is 14.1 Å². The van der Waals surface area contributed by atoms with Crippen LogP contribution in [0.25, 0.3) is 21.8 Å². The number of para-hydroxylation sites is 1. The van der Waals surface area contributed by atoms with Crippen LogP contribution in [0.2, 0.25) is 0 Å². The molecule has 2 aromatic heterocycles. The van der Waals surface area contributed by atoms with E-state index in [9.17, 15) is 0 Å². The fraction of sp³-hybridized carbons (Fsp3) is 0.118. The number of benzene rings is 2. The Kier molecular flexibility index (Phi) is 2.39. The van der Waals surface area contributed by atoms with Gasteiger partial charge in [0.25, 0.3) is 0 Å². The lowest BCUT2D eigenvalue weighted by Gasteiger charge is -2.03. The topological polar surface area (TPSA) is 22.8 Å². The van der Waals surface area contributed by atoms with Gasteiger partial charge in [-0.1, -0.05) is 24.3 Å². The maximum Gasteiger partial charge on any atom is 0.0949 e. The molecule has 0 saturated carbocycles. The highest BCUT2D eigenvalue weighted by Crippen LogP contribution is 2.28. The third-order valence-corrected chi connectivity index (χ3v) is 3.90. The second-order valence-electron chi connectivity index (χ2n) is 5.16. The van der Waals surface area contributed by atoms with Crippen LogP contribution in [0.5, 0.6) is 0 Å². The summed E-state index contributed by atoms with van der Waals surface area (Å²) in [5, 5.41) is 2.64. The van der Waals surface area contributed by atoms with E-state index in [0.717, 1.165) is 6.54 Å². The van der Waals surface area contributed by atoms with Crippen molar-refractivity contribution < 1.29 is 0 Å². The first-order valence-corrected chi connectivity index (χ1v) is 6.75. The number of rotatable bonds is 2. The number of imidazole rings is 1. The Morgan fingerprint density at radius 1 is 1.00 bits per heavy atom. The SMILES string of the molecule is Cn1c2ccccc2c2cc(Cn3ccnc3)ccc21. The lowest BCUT2D eigenvalue weighted by atomic mass is 10.1. The highest BCUT2D eigenvalue weighted by atomic mass is 15.0. The molecular formula is C17H15N3. The Hall–Kier alpha value is -2.55. The highest BCUT2D eigenvalue weighted by molar-refractivity contribution is 6.08. The molecule has 0 aliphatic rings. The molecule has 0 spiro atoms. The van der Waals surface area contributed by atoms with Gasteiger partial charge in [0.2, 0.25) is 0 Å². The number of hydrogen-bond acceptors (Lipinski definition) is 1. The van der Waals surface area contributed by atoms with Gasteiger partial charge in [-0.15, -0.1) is 0 Å². The fourth-order valence-corrected chi connectivity index (χ4v) is 2.90. The van der Waals surface area contributed by atoms with Gasteiger partial charge < -0.3 is 9.13 Å². The molecule has 0 aliphatic carbocycles. The molecule has 0 bridgehead atoms. The first kappa shape index (κ1) is 11.3. The predicted molar refractivity (Wildman–Crippen MR) is 81.8 cm³/mol. The summed E-state index contributed by atoms with van der Waals surface area (Å²) in [5.74, 6) is 0. The van der Waals surface area contributed by atoms with Gasteiger partial charge in [-0.2, -0.15) is 0 Å². The maximum absolute atomic E-state index is 4.09. The summed E-state index contributed by atoms with van der Waals surface area (Å²) < 4.78 is 4.35. The van der Waals surface area contributed by atoms with Crippen molar-refractivity contribution in [3.63, 3.8) is 0 Å². The van der Waals surface area contributed by atoms with Crippen LogP contribution in [0, 0.1) is 0 Å². The Labute approximate surface area is 117 Å². The molecule has 4 aromatic rings. The molecule has 0 amide bonds. The van der Waals surface area contributed by atoms with Crippen LogP contribution < -0.4 is 0 Å². The van der Waals surface area contributed by atoms with Crippen molar-refractivity contribution in [3.8, 4) is 0 Å². The van der Waals surface area contributed by atoms with E-state index in [0.29, 0.717) is 0 Å². The van der Waals surface area contributed by atoms with E-state index < -0.39 is 0 Å². The van der Waals surface area contributed by atoms with Crippen molar-refractivity contribution in [2.45, 2.75) is 6.54 Å². The zero-order valence-corrected chi connectivity index (χ0v) is 11.3. The molecule has 0 atom stereocenters. The lowest BCUT2D eigenvalue weighted by Crippen LogP contribution is -1.96. The standard InChI is InChI=1S/C17H15N3/c1-19-16-5-3-2-4-14(16)15-10-13(6-7-17(15)19)11-20-9-8-18-12-20/h2-10,12H,11H2,1H3. The summed E-state index contributed by atoms with van der Waals surface area (Å²) in [4.78, 5) is 4.09. The average molecular weight is 261 g/mol. The minimum Gasteiger partial charge on any atom is -0.344 e. The highest BCUT2D eigenvalue weighted by Gasteiger charge is 2.08. The summed E-state index contributed by atoms with van der Waals surface area (Å²) in [7, 11) is 2.13. The predicted octanol–water partition coefficient (Wildman–Crippen LogP) is 3.58. The molecular weight excluding hydrogens is 246 g/mol. The molecule has 2 aromatic carbocycles. The van der Waals surface area contributed by atoms with Crippen molar-refractivity contribution >= 4 is 21.8 Å². The third-order valence-electron chi connectivity index (χ3n) is 3.90. The summed E-state index contributed by atoms with van der Waals surface area (Å²) in [6.45, 7) is 0.860. The van der Waals surface area contributed by atoms with Gasteiger partial charge in [0.05, 0.1) is 6.33 Å². The van der Waals surface area contributed by atoms with Crippen LogP contribution in [-0.2, 0) is 13.6 Å². The van der Waals surface area contributed by atoms with Crippen molar-refractivity contribution in [3.05, 3.63) is 66.7 Å². The molecule has 3 nitrogen and oxygen atoms in total. The first-order chi connectivity index (χ1) is 9.83. The van der Waals surface area contributed by atoms with E-state index in [-0.39, 0.29) is 0 Å². The average Bonchev–Trinajstić information content (AvgIpc) is 3.08. The Morgan fingerprint density at radius 3 is 2.70 bits per heavy atom. The first-order valence-electron chi connectivity index (χ1n) is 6.75. The van der Waals surface area contributed by atoms with Gasteiger partial charge in [0.15, 0.2) is 0 Å². The molecule has 20 heavy (non-hydrogen) atoms. The molecule has 98 valence electrons. The molecule has 3 heteroatoms. The van der Waals surface area contributed by atoms with Gasteiger partial charge >= 0.3 is 0 Å². The summed E-state index contributed by atoms with van der Waals surface area (Å²) in [5.41, 5.74) is 3.86. The van der Waals surface area contributed by atoms with Crippen LogP contribution in [0.15, 0.2) is 61.2 Å². The smallest absolute Gasteiger partial charge is 0.0949 e. The summed E-state index contributed by atoms with van der Waals surface area (Å²) in [6, 6.07) is 15.3. The zero-order chi connectivity index (χ0) is 13.5. The van der Waals surface area contributed by atoms with Crippen LogP contribution >= 0.6 is 0 Å². The molecule has 0 saturated heterocycles. The van der Waals surface area contributed by atoms with E-state index in [4.69, 9.17) is 0 Å². The molecule has 0 radical (unpaired) electrons. The zero-order valence-electron chi connectivity index (χ0n) is 11.3. The quantitative estimate of drug-likeness (QED) is 0.541. The number of aryl methyl sites for hydroxylation is 1. The molecule has 2 heterocycles. The fourth-order valence-electron chi connectivity index (χ4n) is 2.90. The number of aromatic nitrogens is 3. The van der Waals surface area contributed by atoms with E-state index in [2.05, 4.69) is 63.6 Å². The monoisotopic (exact) mass is 261 g/mol. The Bertz CT molecular complexity index is 885. The number of fused-ring (bicyclic) bond motifs is 3. The third kappa shape index (κ3) is 1.63. The van der Waals surface area contributed by atoms with E-state index in [1.807, 2.05) is 18.7 Å². The molecule has 0 N–H and O–H groups in total. The van der Waals surface area contributed by atoms with Gasteiger partial charge in [-0.25, -0.2) is 4.98 Å². The van der Waals surface area contributed by atoms with Crippen molar-refractivity contribution in [1.82, 2.24) is 14.1 Å². The number of nitrogens with zero attached hydrogens (tertiary/aromatic N) is 3. The molecule has 0 aliphatic heterocycles. The van der Waals surface area contributed by atoms with E-state index in [1.165, 1.54) is 27.4 Å². The van der Waals surface area contributed by atoms with E-state index >= 15 is 0 Å². The normalized spacial score (nSPS) is 11.4. The van der Waals surface area contributed by atoms with Gasteiger partial charge in [0, 0.05) is 47.8 Å². The second kappa shape index (κ2) is 4.23. The summed E-state index contributed by atoms with van der Waals surface area (Å²) >= 11 is 0. The van der Waals surface area contributed by atoms with Crippen LogP contribution in [0.3, 0.4) is 0 Å². The van der Waals surface area contributed by atoms with Crippen molar-refractivity contribution in [1.29, 1.82) is 0 Å². The maximum atomic E-state index is 4.09. The molecule has 0 unspecified atom stereocenters. The van der Waals surface area contributed by atoms with Gasteiger partial charge in [-0.3, -0.25) is 0 Å². The Balaban J connectivity index is 1.92. The molecule has 4 rings (SSSR count). The van der Waals surface area contributed by atoms with Crippen molar-refractivity contribution in [2.75, 3.05) is 0 Å². The van der Waals surface area contributed by atoms with Gasteiger partial charge in [-0.05, 0) is 23.8 Å². The van der Waals surface area contributed by atoms with Crippen molar-refractivity contribution in [2.24, 2.45) is 7.05 Å². The minimum atomic E-state index is 0.860. The second-order valence-corrected chi connectivity index (χ2v) is 5.16. The number of hydrogen-bond donors (Lipinski definition) is 0. The lowest BCUT2D eigenvalue weighted by molar-refractivity contribution is 0.798.